The van der Waals surface area contributed by atoms with Gasteiger partial charge in [0.2, 0.25) is 16.9 Å². The van der Waals surface area contributed by atoms with E-state index in [4.69, 9.17) is 29.5 Å². The van der Waals surface area contributed by atoms with Crippen LogP contribution in [0.2, 0.25) is 0 Å². The van der Waals surface area contributed by atoms with Crippen LogP contribution in [-0.4, -0.2) is 144 Å². The normalized spacial score (nSPS) is 19.8. The Labute approximate surface area is 492 Å². The zero-order valence-corrected chi connectivity index (χ0v) is 50.5. The minimum atomic E-state index is -5.64. The fourth-order valence-electron chi connectivity index (χ4n) is 9.08. The molecule has 11 N–H and O–H groups in total. The van der Waals surface area contributed by atoms with E-state index in [0.29, 0.717) is 50.5 Å². The van der Waals surface area contributed by atoms with Gasteiger partial charge in [0.05, 0.1) is 64.7 Å². The number of carboxylic acids is 1. The number of phosphoric acid groups is 3. The van der Waals surface area contributed by atoms with Gasteiger partial charge in [-0.1, -0.05) is 30.6 Å². The number of ether oxygens (including phenoxy) is 1. The smallest absolute Gasteiger partial charge is 0.862 e. The first-order valence-electron chi connectivity index (χ1n) is 25.1. The summed E-state index contributed by atoms with van der Waals surface area (Å²) in [6.07, 6.45) is -7.24. The van der Waals surface area contributed by atoms with E-state index in [1.165, 1.54) is 26.2 Å². The van der Waals surface area contributed by atoms with Crippen LogP contribution in [0.1, 0.15) is 109 Å². The summed E-state index contributed by atoms with van der Waals surface area (Å²) in [6.45, 7) is 10.9. The number of nitrogens with zero attached hydrogens (tertiary/aromatic N) is 7. The van der Waals surface area contributed by atoms with Gasteiger partial charge in [-0.2, -0.15) is 9.29 Å². The number of aromatic carboxylic acids is 1. The molecule has 5 aromatic heterocycles. The van der Waals surface area contributed by atoms with Crippen LogP contribution in [0.3, 0.4) is 0 Å². The third-order valence-corrected chi connectivity index (χ3v) is 17.9. The Morgan fingerprint density at radius 2 is 1.38 bits per heavy atom. The molecule has 0 amide bonds. The number of phosphoric ester groups is 3. The topological polar surface area (TPSA) is 476 Å². The molecular formula is C49H58FeN11O19P3S+2. The van der Waals surface area contributed by atoms with Crippen molar-refractivity contribution in [2.45, 2.75) is 92.5 Å². The molecule has 450 valence electrons. The van der Waals surface area contributed by atoms with E-state index >= 15 is 0 Å². The van der Waals surface area contributed by atoms with Crippen molar-refractivity contribution in [1.82, 2.24) is 34.9 Å². The molecule has 0 radical (unpaired) electrons. The maximum Gasteiger partial charge on any atom is 4.00 e. The largest absolute Gasteiger partial charge is 4.00 e. The number of aliphatic imine (C=N–C) groups is 2. The quantitative estimate of drug-likeness (QED) is 0.0126. The number of aromatic amines is 3. The molecule has 7 unspecified atom stereocenters. The van der Waals surface area contributed by atoms with Gasteiger partial charge in [-0.15, -0.1) is 0 Å². The number of fused-ring (bicyclic) bond motifs is 9. The number of anilines is 1. The van der Waals surface area contributed by atoms with Crippen LogP contribution < -0.4 is 25.6 Å². The number of carbonyl (C=O) groups excluding carboxylic acids is 2. The maximum absolute atomic E-state index is 14.1. The third kappa shape index (κ3) is 14.5. The Kier molecular flexibility index (Phi) is 20.0. The third-order valence-electron chi connectivity index (χ3n) is 14.0. The second kappa shape index (κ2) is 25.6. The monoisotopic (exact) mass is 1290 g/mol. The van der Waals surface area contributed by atoms with Gasteiger partial charge in [-0.25, -0.2) is 28.2 Å². The van der Waals surface area contributed by atoms with Crippen molar-refractivity contribution >= 4 is 119 Å². The minimum Gasteiger partial charge on any atom is -0.862 e. The Balaban J connectivity index is 0.0000101. The Morgan fingerprint density at radius 1 is 0.821 bits per heavy atom. The molecule has 0 saturated carbocycles. The number of hydrogen-bond donors (Lipinski definition) is 10. The SMILES string of the molecule is CC1=C(C)c2cc3[nH]c(cc4[nH]c(cc5nc(cc1n2)C(C)=C5C)c(C)c4C(=O)SCCN=C([O-])CCN=C([O-])C(O)C(C)(C)COP(=O)(O)OP(=O)(O)OCC1OC([n+]2c[nH]c4c(N)ncnc42)C(O)C1OP(=O)(O)O)c(C(=O)[O-])c3C.[Fe+4]. The molecule has 1 fully saturated rings. The molecule has 0 aromatic carbocycles. The average Bonchev–Trinajstić information content (AvgIpc) is 2.43. The summed E-state index contributed by atoms with van der Waals surface area (Å²) in [5, 5.41) is 59.7. The number of nitrogen functional groups attached to an aromatic ring is 1. The van der Waals surface area contributed by atoms with Gasteiger partial charge >= 0.3 is 46.2 Å². The molecule has 30 nitrogen and oxygen atoms in total. The zero-order valence-electron chi connectivity index (χ0n) is 45.9. The van der Waals surface area contributed by atoms with Gasteiger partial charge in [-0.05, 0) is 117 Å². The number of nitrogens with one attached hydrogen (secondary N) is 3. The second-order valence-electron chi connectivity index (χ2n) is 20.1. The second-order valence-corrected chi connectivity index (χ2v) is 25.5. The van der Waals surface area contributed by atoms with Crippen LogP contribution in [0.15, 0.2) is 46.9 Å². The fraction of sp³-hybridized carbons (Fsp3) is 0.408. The van der Waals surface area contributed by atoms with E-state index in [9.17, 15) is 68.4 Å². The van der Waals surface area contributed by atoms with Gasteiger partial charge in [0.1, 0.15) is 18.3 Å². The number of rotatable bonds is 21. The molecule has 0 aliphatic carbocycles. The Hall–Kier alpha value is -5.85. The van der Waals surface area contributed by atoms with E-state index in [0.717, 1.165) is 44.9 Å². The number of H-pyrrole nitrogens is 3. The van der Waals surface area contributed by atoms with Crippen molar-refractivity contribution in [3.05, 3.63) is 81.9 Å². The average molecular weight is 1290 g/mol. The zero-order chi connectivity index (χ0) is 60.8. The van der Waals surface area contributed by atoms with E-state index in [-0.39, 0.29) is 63.0 Å². The first-order chi connectivity index (χ1) is 38.8. The van der Waals surface area contributed by atoms with Crippen molar-refractivity contribution in [1.29, 1.82) is 0 Å². The van der Waals surface area contributed by atoms with Crippen LogP contribution in [-0.2, 0) is 53.4 Å². The van der Waals surface area contributed by atoms with E-state index < -0.39 is 109 Å². The van der Waals surface area contributed by atoms with Crippen molar-refractivity contribution in [2.24, 2.45) is 15.4 Å². The van der Waals surface area contributed by atoms with Crippen LogP contribution in [0.5, 0.6) is 0 Å². The number of aromatic nitrogens is 8. The van der Waals surface area contributed by atoms with E-state index in [2.05, 4.69) is 43.7 Å². The number of carboxylic acid groups (broad SMARTS) is 1. The summed E-state index contributed by atoms with van der Waals surface area (Å²) >= 11 is 0.858. The number of thioether (sulfide) groups is 1. The standard InChI is InChI=1S/C49H60N11O19P3S.Fe/c1-21-23(3)29-14-31-25(5)37(47(65)66)33(58-31)16-34-38(26(6)32(59-34)15-30-24(4)22(2)28(57-30)13-27(21)56-29)48(67)83-12-11-51-36(61)9-10-52-45(64)42(63)49(7,8)18-76-82(73,74)79-81(71,72)75-17-35-41(78-80(68,69)70)40(62)46(77-35)60-20-55-39-43(50)53-19-54-44(39)60;/h13-16,19-20,35,40-42,46,62-63H,9-12,17-18H2,1-8H3,(H11,50,51,52,53,54,56,57,58,59,61,64,65,66,67,68,69,70,71,72,73,74);/q;+4/p-2. The number of aryl methyl sites for hydroxylation is 2. The molecule has 35 heteroatoms. The Morgan fingerprint density at radius 3 is 1.96 bits per heavy atom. The summed E-state index contributed by atoms with van der Waals surface area (Å²) < 4.78 is 63.0. The maximum atomic E-state index is 14.1. The number of carbonyl (C=O) groups is 2. The molecule has 8 heterocycles. The number of hydrogen-bond acceptors (Lipinski definition) is 23. The first-order valence-corrected chi connectivity index (χ1v) is 30.6. The van der Waals surface area contributed by atoms with Crippen LogP contribution >= 0.6 is 35.2 Å². The van der Waals surface area contributed by atoms with Gasteiger partial charge in [0.15, 0.2) is 18.5 Å². The molecule has 3 aliphatic rings. The van der Waals surface area contributed by atoms with Crippen LogP contribution in [0.4, 0.5) is 5.82 Å². The van der Waals surface area contributed by atoms with Crippen molar-refractivity contribution < 1.29 is 113 Å². The van der Waals surface area contributed by atoms with E-state index in [1.807, 2.05) is 39.8 Å². The van der Waals surface area contributed by atoms with Crippen molar-refractivity contribution in [3.63, 3.8) is 0 Å². The van der Waals surface area contributed by atoms with Gasteiger partial charge in [0.25, 0.3) is 0 Å². The summed E-state index contributed by atoms with van der Waals surface area (Å²) in [4.78, 5) is 101. The number of aliphatic hydroxyl groups is 2. The molecule has 7 atom stereocenters. The number of allylic oxidation sites excluding steroid dienone is 4. The van der Waals surface area contributed by atoms with Crippen molar-refractivity contribution in [3.8, 4) is 0 Å². The summed E-state index contributed by atoms with van der Waals surface area (Å²) in [7, 11) is -16.6. The number of imidazole rings is 1. The predicted octanol–water partition coefficient (Wildman–Crippen LogP) is 2.19. The van der Waals surface area contributed by atoms with Gasteiger partial charge in [-0.3, -0.25) is 23.3 Å². The van der Waals surface area contributed by atoms with E-state index in [1.54, 1.807) is 19.9 Å². The van der Waals surface area contributed by atoms with Crippen LogP contribution in [0, 0.1) is 19.3 Å². The van der Waals surface area contributed by atoms with Gasteiger partial charge < -0.3 is 80.3 Å². The van der Waals surface area contributed by atoms with Crippen LogP contribution in [0.25, 0.3) is 55.5 Å². The Bertz CT molecular complexity index is 3900. The minimum absolute atomic E-state index is 0. The molecule has 1 saturated heterocycles. The molecule has 84 heavy (non-hydrogen) atoms. The summed E-state index contributed by atoms with van der Waals surface area (Å²) in [6, 6.07) is 7.01. The molecule has 5 aromatic rings. The predicted molar refractivity (Wildman–Crippen MR) is 295 cm³/mol. The molecule has 0 spiro atoms. The summed E-state index contributed by atoms with van der Waals surface area (Å²) in [5.74, 6) is -3.29. The number of aliphatic hydroxyl groups excluding tert-OH is 2. The van der Waals surface area contributed by atoms with Gasteiger partial charge in [0, 0.05) is 40.9 Å². The first kappa shape index (κ1) is 65.7. The molecule has 8 bridgehead atoms. The molecular weight excluding hydrogens is 1230 g/mol. The fourth-order valence-corrected chi connectivity index (χ4v) is 12.7. The molecule has 8 rings (SSSR count). The molecule has 3 aliphatic heterocycles. The number of nitrogens with two attached hydrogens (primary N) is 1. The van der Waals surface area contributed by atoms with Crippen molar-refractivity contribution in [2.75, 3.05) is 37.8 Å². The summed E-state index contributed by atoms with van der Waals surface area (Å²) in [5.41, 5.74) is 13.3.